The van der Waals surface area contributed by atoms with E-state index in [0.717, 1.165) is 66.7 Å². The molecule has 2 N–H and O–H groups in total. The molecule has 1 fully saturated rings. The maximum Gasteiger partial charge on any atom is 0.321 e. The van der Waals surface area contributed by atoms with Crippen molar-refractivity contribution in [3.8, 4) is 17.1 Å². The van der Waals surface area contributed by atoms with Gasteiger partial charge in [-0.25, -0.2) is 9.78 Å². The molecule has 4 rings (SSSR count). The van der Waals surface area contributed by atoms with Gasteiger partial charge in [0.2, 0.25) is 0 Å². The predicted molar refractivity (Wildman–Crippen MR) is 127 cm³/mol. The Morgan fingerprint density at radius 2 is 1.84 bits per heavy atom. The third-order valence-corrected chi connectivity index (χ3v) is 6.11. The molecule has 1 saturated heterocycles. The molecule has 1 aliphatic heterocycles. The van der Waals surface area contributed by atoms with E-state index in [-0.39, 0.29) is 12.1 Å². The van der Waals surface area contributed by atoms with E-state index >= 15 is 0 Å². The van der Waals surface area contributed by atoms with Crippen LogP contribution in [0.1, 0.15) is 24.2 Å². The Balaban J connectivity index is 1.43. The van der Waals surface area contributed by atoms with Gasteiger partial charge in [-0.1, -0.05) is 30.3 Å². The number of aromatic amines is 1. The number of benzene rings is 2. The normalized spacial score (nSPS) is 14.8. The Hall–Kier alpha value is -3.32. The standard InChI is InChI=1S/C25H31N5O2/c1-18-22(28-24(27-18)21-11-7-8-12-23(21)32-3)17-29-15-13-20(14-16-29)30(25(31)26-2)19-9-5-4-6-10-19/h4-12,20H,13-17H2,1-3H3,(H,26,31)(H,27,28). The Kier molecular flexibility index (Phi) is 6.75. The van der Waals surface area contributed by atoms with E-state index in [9.17, 15) is 4.79 Å². The molecule has 0 atom stereocenters. The van der Waals surface area contributed by atoms with Gasteiger partial charge in [0, 0.05) is 44.1 Å². The average Bonchev–Trinajstić information content (AvgIpc) is 3.20. The van der Waals surface area contributed by atoms with Crippen LogP contribution in [-0.4, -0.2) is 54.2 Å². The maximum atomic E-state index is 12.6. The molecular weight excluding hydrogens is 402 g/mol. The summed E-state index contributed by atoms with van der Waals surface area (Å²) in [5, 5.41) is 2.80. The maximum absolute atomic E-state index is 12.6. The summed E-state index contributed by atoms with van der Waals surface area (Å²) in [6, 6.07) is 17.9. The highest BCUT2D eigenvalue weighted by Gasteiger charge is 2.29. The first-order valence-corrected chi connectivity index (χ1v) is 11.1. The molecule has 1 aliphatic rings. The van der Waals surface area contributed by atoms with Crippen molar-refractivity contribution >= 4 is 11.7 Å². The number of hydrogen-bond acceptors (Lipinski definition) is 4. The average molecular weight is 434 g/mol. The number of carbonyl (C=O) groups is 1. The predicted octanol–water partition coefficient (Wildman–Crippen LogP) is 4.20. The zero-order valence-electron chi connectivity index (χ0n) is 19.0. The second-order valence-electron chi connectivity index (χ2n) is 8.13. The molecule has 0 saturated carbocycles. The van der Waals surface area contributed by atoms with E-state index in [1.165, 1.54) is 0 Å². The number of H-pyrrole nitrogens is 1. The summed E-state index contributed by atoms with van der Waals surface area (Å²) in [6.45, 7) is 4.69. The van der Waals surface area contributed by atoms with Gasteiger partial charge in [0.15, 0.2) is 0 Å². The van der Waals surface area contributed by atoms with Crippen molar-refractivity contribution in [3.05, 3.63) is 66.0 Å². The monoisotopic (exact) mass is 433 g/mol. The van der Waals surface area contributed by atoms with Gasteiger partial charge in [-0.3, -0.25) is 9.80 Å². The lowest BCUT2D eigenvalue weighted by atomic mass is 10.0. The lowest BCUT2D eigenvalue weighted by Crippen LogP contribution is -2.50. The largest absolute Gasteiger partial charge is 0.496 e. The Bertz CT molecular complexity index is 1040. The van der Waals surface area contributed by atoms with Gasteiger partial charge in [0.25, 0.3) is 0 Å². The smallest absolute Gasteiger partial charge is 0.321 e. The third-order valence-electron chi connectivity index (χ3n) is 6.11. The van der Waals surface area contributed by atoms with Crippen molar-refractivity contribution in [2.45, 2.75) is 32.4 Å². The molecule has 0 radical (unpaired) electrons. The van der Waals surface area contributed by atoms with Gasteiger partial charge in [-0.2, -0.15) is 0 Å². The fourth-order valence-electron chi connectivity index (χ4n) is 4.37. The van der Waals surface area contributed by atoms with Crippen LogP contribution in [0.15, 0.2) is 54.6 Å². The second-order valence-corrected chi connectivity index (χ2v) is 8.13. The van der Waals surface area contributed by atoms with Crippen LogP contribution in [0.5, 0.6) is 5.75 Å². The van der Waals surface area contributed by atoms with Crippen molar-refractivity contribution in [2.24, 2.45) is 0 Å². The number of piperidine rings is 1. The zero-order chi connectivity index (χ0) is 22.5. The quantitative estimate of drug-likeness (QED) is 0.611. The minimum atomic E-state index is -0.0563. The number of amides is 2. The molecule has 7 heteroatoms. The number of hydrogen-bond donors (Lipinski definition) is 2. The Morgan fingerprint density at radius 1 is 1.16 bits per heavy atom. The number of aromatic nitrogens is 2. The van der Waals surface area contributed by atoms with Gasteiger partial charge in [0.1, 0.15) is 11.6 Å². The van der Waals surface area contributed by atoms with Gasteiger partial charge in [-0.05, 0) is 44.0 Å². The second kappa shape index (κ2) is 9.87. The molecule has 3 aromatic rings. The number of methoxy groups -OCH3 is 1. The molecule has 0 unspecified atom stereocenters. The molecule has 168 valence electrons. The number of urea groups is 1. The summed E-state index contributed by atoms with van der Waals surface area (Å²) in [5.41, 5.74) is 4.03. The van der Waals surface area contributed by atoms with E-state index in [2.05, 4.69) is 22.1 Å². The van der Waals surface area contributed by atoms with Crippen LogP contribution < -0.4 is 15.0 Å². The summed E-state index contributed by atoms with van der Waals surface area (Å²) in [7, 11) is 3.37. The van der Waals surface area contributed by atoms with E-state index in [4.69, 9.17) is 9.72 Å². The molecule has 2 heterocycles. The van der Waals surface area contributed by atoms with Gasteiger partial charge < -0.3 is 15.0 Å². The fourth-order valence-corrected chi connectivity index (χ4v) is 4.37. The molecule has 0 spiro atoms. The highest BCUT2D eigenvalue weighted by atomic mass is 16.5. The van der Waals surface area contributed by atoms with Crippen molar-refractivity contribution < 1.29 is 9.53 Å². The first-order chi connectivity index (χ1) is 15.6. The summed E-state index contributed by atoms with van der Waals surface area (Å²) in [6.07, 6.45) is 1.84. The number of nitrogens with one attached hydrogen (secondary N) is 2. The summed E-state index contributed by atoms with van der Waals surface area (Å²) < 4.78 is 5.49. The Labute approximate surface area is 189 Å². The highest BCUT2D eigenvalue weighted by Crippen LogP contribution is 2.29. The van der Waals surface area contributed by atoms with Crippen molar-refractivity contribution in [1.82, 2.24) is 20.2 Å². The van der Waals surface area contributed by atoms with Crippen LogP contribution in [0, 0.1) is 6.92 Å². The fraction of sp³-hybridized carbons (Fsp3) is 0.360. The van der Waals surface area contributed by atoms with Crippen molar-refractivity contribution in [1.29, 1.82) is 0 Å². The number of aryl methyl sites for hydroxylation is 1. The number of anilines is 1. The summed E-state index contributed by atoms with van der Waals surface area (Å²) in [4.78, 5) is 25.2. The first kappa shape index (κ1) is 21.9. The highest BCUT2D eigenvalue weighted by molar-refractivity contribution is 5.92. The van der Waals surface area contributed by atoms with Gasteiger partial charge in [-0.15, -0.1) is 0 Å². The van der Waals surface area contributed by atoms with Crippen LogP contribution in [-0.2, 0) is 6.54 Å². The lowest BCUT2D eigenvalue weighted by molar-refractivity contribution is 0.196. The summed E-state index contributed by atoms with van der Waals surface area (Å²) in [5.74, 6) is 1.64. The van der Waals surface area contributed by atoms with Crippen LogP contribution in [0.3, 0.4) is 0 Å². The van der Waals surface area contributed by atoms with Crippen LogP contribution in [0.4, 0.5) is 10.5 Å². The Morgan fingerprint density at radius 3 is 2.53 bits per heavy atom. The van der Waals surface area contributed by atoms with E-state index in [0.29, 0.717) is 0 Å². The molecule has 2 aromatic carbocycles. The molecule has 2 amide bonds. The van der Waals surface area contributed by atoms with Crippen LogP contribution >= 0.6 is 0 Å². The molecule has 32 heavy (non-hydrogen) atoms. The SMILES string of the molecule is CNC(=O)N(c1ccccc1)C1CCN(Cc2nc(-c3ccccc3OC)[nH]c2C)CC1. The van der Waals surface area contributed by atoms with Crippen molar-refractivity contribution in [3.63, 3.8) is 0 Å². The van der Waals surface area contributed by atoms with E-state index < -0.39 is 0 Å². The molecular formula is C25H31N5O2. The number of carbonyl (C=O) groups excluding carboxylic acids is 1. The zero-order valence-corrected chi connectivity index (χ0v) is 19.0. The molecule has 7 nitrogen and oxygen atoms in total. The van der Waals surface area contributed by atoms with Gasteiger partial charge >= 0.3 is 6.03 Å². The lowest BCUT2D eigenvalue weighted by Gasteiger charge is -2.38. The number of likely N-dealkylation sites (tertiary alicyclic amines) is 1. The van der Waals surface area contributed by atoms with Crippen LogP contribution in [0.25, 0.3) is 11.4 Å². The minimum absolute atomic E-state index is 0.0563. The minimum Gasteiger partial charge on any atom is -0.496 e. The van der Waals surface area contributed by atoms with E-state index in [1.54, 1.807) is 14.2 Å². The van der Waals surface area contributed by atoms with Crippen LogP contribution in [0.2, 0.25) is 0 Å². The third kappa shape index (κ3) is 4.62. The number of imidazole rings is 1. The number of para-hydroxylation sites is 2. The number of ether oxygens (including phenoxy) is 1. The summed E-state index contributed by atoms with van der Waals surface area (Å²) >= 11 is 0. The van der Waals surface area contributed by atoms with E-state index in [1.807, 2.05) is 59.5 Å². The molecule has 0 aliphatic carbocycles. The number of rotatable bonds is 6. The topological polar surface area (TPSA) is 73.5 Å². The van der Waals surface area contributed by atoms with Crippen molar-refractivity contribution in [2.75, 3.05) is 32.1 Å². The first-order valence-electron chi connectivity index (χ1n) is 11.1. The molecule has 1 aromatic heterocycles. The molecule has 0 bridgehead atoms. The van der Waals surface area contributed by atoms with Gasteiger partial charge in [0.05, 0.1) is 18.4 Å². The number of nitrogens with zero attached hydrogens (tertiary/aromatic N) is 3.